The normalized spacial score (nSPS) is 12.2. The average Bonchev–Trinajstić information content (AvgIpc) is 2.29. The summed E-state index contributed by atoms with van der Waals surface area (Å²) in [5.41, 5.74) is -0.0947. The van der Waals surface area contributed by atoms with Gasteiger partial charge in [0.05, 0.1) is 18.1 Å². The van der Waals surface area contributed by atoms with E-state index in [1.165, 1.54) is 13.2 Å². The molecule has 1 rings (SSSR count). The number of hydrogen-bond acceptors (Lipinski definition) is 5. The summed E-state index contributed by atoms with van der Waals surface area (Å²) in [4.78, 5) is 10.0. The fourth-order valence-electron chi connectivity index (χ4n) is 1.54. The van der Waals surface area contributed by atoms with Crippen LogP contribution in [0.5, 0.6) is 11.5 Å². The lowest BCUT2D eigenvalue weighted by atomic mass is 10.0. The fourth-order valence-corrected chi connectivity index (χ4v) is 1.54. The third-order valence-electron chi connectivity index (χ3n) is 2.44. The summed E-state index contributed by atoms with van der Waals surface area (Å²) in [6, 6.07) is 2.57. The molecule has 0 heterocycles. The second kappa shape index (κ2) is 5.49. The molecule has 0 spiro atoms. The molecule has 0 aliphatic carbocycles. The van der Waals surface area contributed by atoms with Crippen molar-refractivity contribution in [2.75, 3.05) is 7.11 Å². The van der Waals surface area contributed by atoms with Gasteiger partial charge in [0.1, 0.15) is 0 Å². The molecule has 0 aliphatic heterocycles. The van der Waals surface area contributed by atoms with Crippen LogP contribution in [0.4, 0.5) is 5.69 Å². The average molecular weight is 241 g/mol. The van der Waals surface area contributed by atoms with Crippen molar-refractivity contribution < 1.29 is 19.9 Å². The van der Waals surface area contributed by atoms with Gasteiger partial charge in [-0.2, -0.15) is 0 Å². The highest BCUT2D eigenvalue weighted by molar-refractivity contribution is 5.57. The lowest BCUT2D eigenvalue weighted by Crippen LogP contribution is -2.00. The Labute approximate surface area is 98.6 Å². The van der Waals surface area contributed by atoms with Crippen LogP contribution in [0.2, 0.25) is 0 Å². The SMILES string of the molecule is CCCC(O)c1cc(OC)c(O)c([N+](=O)[O-])c1. The zero-order valence-electron chi connectivity index (χ0n) is 9.71. The Morgan fingerprint density at radius 2 is 2.18 bits per heavy atom. The van der Waals surface area contributed by atoms with Crippen LogP contribution in [-0.2, 0) is 0 Å². The van der Waals surface area contributed by atoms with Gasteiger partial charge in [-0.1, -0.05) is 13.3 Å². The Bertz CT molecular complexity index is 419. The molecule has 0 radical (unpaired) electrons. The van der Waals surface area contributed by atoms with E-state index in [-0.39, 0.29) is 5.75 Å². The highest BCUT2D eigenvalue weighted by atomic mass is 16.6. The number of benzene rings is 1. The number of methoxy groups -OCH3 is 1. The maximum absolute atomic E-state index is 10.7. The van der Waals surface area contributed by atoms with E-state index in [2.05, 4.69) is 0 Å². The van der Waals surface area contributed by atoms with Crippen LogP contribution in [-0.4, -0.2) is 22.2 Å². The van der Waals surface area contributed by atoms with Crippen LogP contribution in [0, 0.1) is 10.1 Å². The van der Waals surface area contributed by atoms with Crippen LogP contribution in [0.3, 0.4) is 0 Å². The van der Waals surface area contributed by atoms with E-state index in [0.717, 1.165) is 12.5 Å². The Kier molecular flexibility index (Phi) is 4.28. The van der Waals surface area contributed by atoms with Crippen molar-refractivity contribution in [3.05, 3.63) is 27.8 Å². The second-order valence-corrected chi connectivity index (χ2v) is 3.65. The van der Waals surface area contributed by atoms with E-state index in [9.17, 15) is 20.3 Å². The van der Waals surface area contributed by atoms with E-state index in [0.29, 0.717) is 12.0 Å². The quantitative estimate of drug-likeness (QED) is 0.608. The summed E-state index contributed by atoms with van der Waals surface area (Å²) < 4.78 is 4.84. The first kappa shape index (κ1) is 13.2. The molecule has 1 unspecified atom stereocenters. The molecular formula is C11H15NO5. The molecule has 0 aliphatic rings. The van der Waals surface area contributed by atoms with E-state index < -0.39 is 22.5 Å². The summed E-state index contributed by atoms with van der Waals surface area (Å²) in [7, 11) is 1.30. The largest absolute Gasteiger partial charge is 0.500 e. The second-order valence-electron chi connectivity index (χ2n) is 3.65. The first-order valence-electron chi connectivity index (χ1n) is 5.24. The number of phenolic OH excluding ortho intramolecular Hbond substituents is 1. The third-order valence-corrected chi connectivity index (χ3v) is 2.44. The lowest BCUT2D eigenvalue weighted by molar-refractivity contribution is -0.386. The molecule has 1 atom stereocenters. The summed E-state index contributed by atoms with van der Waals surface area (Å²) in [5, 5.41) is 30.1. The number of phenols is 1. The summed E-state index contributed by atoms with van der Waals surface area (Å²) in [6.45, 7) is 1.90. The number of hydrogen-bond donors (Lipinski definition) is 2. The predicted octanol–water partition coefficient (Wildman–Crippen LogP) is 2.14. The molecule has 17 heavy (non-hydrogen) atoms. The number of aromatic hydroxyl groups is 1. The number of nitrogens with zero attached hydrogens (tertiary/aromatic N) is 1. The maximum Gasteiger partial charge on any atom is 0.315 e. The summed E-state index contributed by atoms with van der Waals surface area (Å²) >= 11 is 0. The van der Waals surface area contributed by atoms with E-state index in [4.69, 9.17) is 4.74 Å². The summed E-state index contributed by atoms with van der Waals surface area (Å²) in [5.74, 6) is -0.533. The zero-order chi connectivity index (χ0) is 13.0. The van der Waals surface area contributed by atoms with Crippen molar-refractivity contribution in [1.29, 1.82) is 0 Å². The highest BCUT2D eigenvalue weighted by Crippen LogP contribution is 2.39. The standard InChI is InChI=1S/C11H15NO5/c1-3-4-9(13)7-5-8(12(15)16)11(14)10(6-7)17-2/h5-6,9,13-14H,3-4H2,1-2H3. The molecule has 1 aromatic carbocycles. The van der Waals surface area contributed by atoms with Crippen molar-refractivity contribution >= 4 is 5.69 Å². The van der Waals surface area contributed by atoms with Crippen molar-refractivity contribution in [3.8, 4) is 11.5 Å². The molecule has 0 saturated carbocycles. The molecule has 0 saturated heterocycles. The van der Waals surface area contributed by atoms with E-state index in [1.54, 1.807) is 0 Å². The Balaban J connectivity index is 3.24. The zero-order valence-corrected chi connectivity index (χ0v) is 9.71. The van der Waals surface area contributed by atoms with Crippen LogP contribution < -0.4 is 4.74 Å². The topological polar surface area (TPSA) is 92.8 Å². The van der Waals surface area contributed by atoms with Crippen LogP contribution in [0.15, 0.2) is 12.1 Å². The number of rotatable bonds is 5. The smallest absolute Gasteiger partial charge is 0.315 e. The van der Waals surface area contributed by atoms with Gasteiger partial charge in [-0.05, 0) is 18.1 Å². The van der Waals surface area contributed by atoms with Gasteiger partial charge in [-0.3, -0.25) is 10.1 Å². The number of nitro benzene ring substituents is 1. The van der Waals surface area contributed by atoms with Gasteiger partial charge in [-0.25, -0.2) is 0 Å². The molecule has 6 heteroatoms. The van der Waals surface area contributed by atoms with Crippen molar-refractivity contribution in [3.63, 3.8) is 0 Å². The molecule has 0 amide bonds. The van der Waals surface area contributed by atoms with Crippen molar-refractivity contribution in [1.82, 2.24) is 0 Å². The lowest BCUT2D eigenvalue weighted by Gasteiger charge is -2.12. The van der Waals surface area contributed by atoms with Gasteiger partial charge in [0, 0.05) is 6.07 Å². The highest BCUT2D eigenvalue weighted by Gasteiger charge is 2.22. The molecule has 0 aromatic heterocycles. The van der Waals surface area contributed by atoms with Gasteiger partial charge < -0.3 is 14.9 Å². The molecule has 0 fully saturated rings. The molecule has 1 aromatic rings. The molecular weight excluding hydrogens is 226 g/mol. The minimum Gasteiger partial charge on any atom is -0.500 e. The molecule has 2 N–H and O–H groups in total. The van der Waals surface area contributed by atoms with Gasteiger partial charge >= 0.3 is 5.69 Å². The first-order valence-corrected chi connectivity index (χ1v) is 5.24. The Hall–Kier alpha value is -1.82. The first-order chi connectivity index (χ1) is 8.01. The Morgan fingerprint density at radius 1 is 1.53 bits per heavy atom. The Morgan fingerprint density at radius 3 is 2.65 bits per heavy atom. The van der Waals surface area contributed by atoms with Gasteiger partial charge in [0.25, 0.3) is 0 Å². The maximum atomic E-state index is 10.7. The monoisotopic (exact) mass is 241 g/mol. The van der Waals surface area contributed by atoms with Gasteiger partial charge in [0.15, 0.2) is 5.75 Å². The number of nitro groups is 1. The minimum absolute atomic E-state index is 0.00986. The van der Waals surface area contributed by atoms with Crippen molar-refractivity contribution in [2.45, 2.75) is 25.9 Å². The number of aliphatic hydroxyl groups is 1. The van der Waals surface area contributed by atoms with Crippen LogP contribution in [0.1, 0.15) is 31.4 Å². The van der Waals surface area contributed by atoms with Crippen molar-refractivity contribution in [2.24, 2.45) is 0 Å². The van der Waals surface area contributed by atoms with Crippen LogP contribution in [0.25, 0.3) is 0 Å². The van der Waals surface area contributed by atoms with E-state index in [1.807, 2.05) is 6.92 Å². The number of aliphatic hydroxyl groups excluding tert-OH is 1. The molecule has 94 valence electrons. The minimum atomic E-state index is -0.798. The third kappa shape index (κ3) is 2.85. The molecule has 0 bridgehead atoms. The fraction of sp³-hybridized carbons (Fsp3) is 0.455. The predicted molar refractivity (Wildman–Crippen MR) is 61.2 cm³/mol. The van der Waals surface area contributed by atoms with Crippen LogP contribution >= 0.6 is 0 Å². The summed E-state index contributed by atoms with van der Waals surface area (Å²) in [6.07, 6.45) is 0.441. The molecule has 6 nitrogen and oxygen atoms in total. The number of ether oxygens (including phenoxy) is 1. The van der Waals surface area contributed by atoms with Gasteiger partial charge in [-0.15, -0.1) is 0 Å². The van der Waals surface area contributed by atoms with E-state index >= 15 is 0 Å². The van der Waals surface area contributed by atoms with Gasteiger partial charge in [0.2, 0.25) is 5.75 Å².